The van der Waals surface area contributed by atoms with Gasteiger partial charge in [-0.3, -0.25) is 9.69 Å². The normalized spacial score (nSPS) is 39.9. The summed E-state index contributed by atoms with van der Waals surface area (Å²) in [6.45, 7) is 0.837. The minimum atomic E-state index is -1.08. The summed E-state index contributed by atoms with van der Waals surface area (Å²) in [7, 11) is 3.65. The number of ketones is 1. The lowest BCUT2D eigenvalue weighted by Crippen LogP contribution is -2.74. The van der Waals surface area contributed by atoms with Crippen LogP contribution in [-0.2, 0) is 16.6 Å². The second-order valence-corrected chi connectivity index (χ2v) is 7.11. The van der Waals surface area contributed by atoms with Gasteiger partial charge >= 0.3 is 0 Å². The second kappa shape index (κ2) is 3.97. The molecule has 5 heteroatoms. The van der Waals surface area contributed by atoms with Crippen molar-refractivity contribution in [3.8, 4) is 11.5 Å². The predicted molar refractivity (Wildman–Crippen MR) is 82.9 cm³/mol. The summed E-state index contributed by atoms with van der Waals surface area (Å²) in [6, 6.07) is 3.92. The average molecular weight is 313 g/mol. The highest BCUT2D eigenvalue weighted by Gasteiger charge is 2.71. The van der Waals surface area contributed by atoms with E-state index in [0.29, 0.717) is 17.9 Å². The van der Waals surface area contributed by atoms with E-state index in [0.717, 1.165) is 24.1 Å². The Hall–Kier alpha value is -1.85. The Morgan fingerprint density at radius 2 is 2.26 bits per heavy atom. The maximum atomic E-state index is 12.6. The summed E-state index contributed by atoms with van der Waals surface area (Å²) in [5, 5.41) is 11.7. The molecule has 2 bridgehead atoms. The molecule has 4 aliphatic rings. The number of carbonyl (C=O) groups excluding carboxylic acids is 1. The van der Waals surface area contributed by atoms with E-state index in [1.807, 2.05) is 13.1 Å². The monoisotopic (exact) mass is 313 g/mol. The molecule has 4 atom stereocenters. The van der Waals surface area contributed by atoms with Gasteiger partial charge in [0.05, 0.1) is 12.5 Å². The molecule has 2 aliphatic heterocycles. The summed E-state index contributed by atoms with van der Waals surface area (Å²) < 4.78 is 11.6. The van der Waals surface area contributed by atoms with Crippen molar-refractivity contribution in [2.45, 2.75) is 36.0 Å². The minimum Gasteiger partial charge on any atom is -0.493 e. The molecule has 5 rings (SSSR count). The molecule has 1 N–H and O–H groups in total. The highest BCUT2D eigenvalue weighted by atomic mass is 16.5. The minimum absolute atomic E-state index is 0.0430. The number of methoxy groups -OCH3 is 1. The molecule has 0 amide bonds. The predicted octanol–water partition coefficient (Wildman–Crippen LogP) is 0.824. The smallest absolute Gasteiger partial charge is 0.196 e. The summed E-state index contributed by atoms with van der Waals surface area (Å²) >= 11 is 0. The maximum absolute atomic E-state index is 12.6. The number of piperidine rings is 1. The van der Waals surface area contributed by atoms with Crippen LogP contribution in [0.2, 0.25) is 0 Å². The van der Waals surface area contributed by atoms with E-state index in [9.17, 15) is 9.90 Å². The van der Waals surface area contributed by atoms with Crippen molar-refractivity contribution in [3.05, 3.63) is 35.4 Å². The molecule has 2 aliphatic carbocycles. The molecule has 1 aromatic carbocycles. The third-order valence-electron chi connectivity index (χ3n) is 6.34. The number of nitrogens with zero attached hydrogens (tertiary/aromatic N) is 1. The van der Waals surface area contributed by atoms with Gasteiger partial charge in [0.15, 0.2) is 23.4 Å². The van der Waals surface area contributed by atoms with Crippen LogP contribution < -0.4 is 9.47 Å². The summed E-state index contributed by atoms with van der Waals surface area (Å²) in [6.07, 6.45) is 4.00. The van der Waals surface area contributed by atoms with Gasteiger partial charge in [0, 0.05) is 11.6 Å². The van der Waals surface area contributed by atoms with Gasteiger partial charge in [-0.1, -0.05) is 6.07 Å². The topological polar surface area (TPSA) is 59.0 Å². The molecule has 0 saturated carbocycles. The molecule has 5 nitrogen and oxygen atoms in total. The highest BCUT2D eigenvalue weighted by molar-refractivity contribution is 5.99. The van der Waals surface area contributed by atoms with Gasteiger partial charge in [0.2, 0.25) is 0 Å². The highest BCUT2D eigenvalue weighted by Crippen LogP contribution is 2.63. The van der Waals surface area contributed by atoms with E-state index in [1.54, 1.807) is 13.2 Å². The zero-order valence-electron chi connectivity index (χ0n) is 13.2. The van der Waals surface area contributed by atoms with Crippen molar-refractivity contribution >= 4 is 5.78 Å². The first-order chi connectivity index (χ1) is 11.0. The van der Waals surface area contributed by atoms with Gasteiger partial charge in [-0.2, -0.15) is 0 Å². The number of ether oxygens (including phenoxy) is 2. The quantitative estimate of drug-likeness (QED) is 0.832. The number of likely N-dealkylation sites (N-methyl/N-ethyl adjacent to an activating group) is 1. The number of carbonyl (C=O) groups is 1. The molecule has 120 valence electrons. The molecule has 1 spiro atoms. The summed E-state index contributed by atoms with van der Waals surface area (Å²) in [5.74, 6) is 1.22. The van der Waals surface area contributed by atoms with Crippen molar-refractivity contribution < 1.29 is 19.4 Å². The lowest BCUT2D eigenvalue weighted by Gasteiger charge is -2.60. The zero-order chi connectivity index (χ0) is 16.0. The molecule has 1 saturated heterocycles. The average Bonchev–Trinajstić information content (AvgIpc) is 2.90. The van der Waals surface area contributed by atoms with Crippen LogP contribution in [0.3, 0.4) is 0 Å². The number of hydrogen-bond acceptors (Lipinski definition) is 5. The van der Waals surface area contributed by atoms with E-state index in [2.05, 4.69) is 11.0 Å². The van der Waals surface area contributed by atoms with Gasteiger partial charge in [0.25, 0.3) is 0 Å². The van der Waals surface area contributed by atoms with Gasteiger partial charge < -0.3 is 14.6 Å². The SMILES string of the molecule is COc1ccc2c3c1O[C@H]1C(=O)C=C[C@@]4(O)C(C2)N(C)CCC314. The summed E-state index contributed by atoms with van der Waals surface area (Å²) in [5.41, 5.74) is 0.385. The van der Waals surface area contributed by atoms with Crippen molar-refractivity contribution in [2.24, 2.45) is 0 Å². The maximum Gasteiger partial charge on any atom is 0.196 e. The number of hydrogen-bond donors (Lipinski definition) is 1. The third-order valence-corrected chi connectivity index (χ3v) is 6.34. The van der Waals surface area contributed by atoms with Crippen LogP contribution >= 0.6 is 0 Å². The molecule has 2 unspecified atom stereocenters. The van der Waals surface area contributed by atoms with E-state index in [4.69, 9.17) is 9.47 Å². The van der Waals surface area contributed by atoms with E-state index in [1.165, 1.54) is 6.08 Å². The fraction of sp³-hybridized carbons (Fsp3) is 0.500. The zero-order valence-corrected chi connectivity index (χ0v) is 13.2. The molecular formula is C18H19NO4. The van der Waals surface area contributed by atoms with Crippen LogP contribution in [0.15, 0.2) is 24.3 Å². The lowest BCUT2D eigenvalue weighted by molar-refractivity contribution is -0.151. The molecule has 0 radical (unpaired) electrons. The fourth-order valence-electron chi connectivity index (χ4n) is 5.28. The number of rotatable bonds is 1. The molecule has 1 fully saturated rings. The standard InChI is InChI=1S/C18H19NO4/c1-19-8-7-17-14-10-3-4-12(22-2)15(14)23-16(17)11(20)5-6-18(17,21)13(19)9-10/h3-6,13,16,21H,7-9H2,1-2H3/t13?,16-,17?,18+/m0/s1. The first-order valence-electron chi connectivity index (χ1n) is 8.05. The van der Waals surface area contributed by atoms with Crippen molar-refractivity contribution in [3.63, 3.8) is 0 Å². The third kappa shape index (κ3) is 1.28. The lowest BCUT2D eigenvalue weighted by atomic mass is 9.51. The molecule has 1 aromatic rings. The first-order valence-corrected chi connectivity index (χ1v) is 8.05. The molecule has 2 heterocycles. The van der Waals surface area contributed by atoms with Gasteiger partial charge in [-0.05, 0) is 50.2 Å². The van der Waals surface area contributed by atoms with Crippen molar-refractivity contribution in [1.29, 1.82) is 0 Å². The van der Waals surface area contributed by atoms with Crippen LogP contribution in [0.1, 0.15) is 17.5 Å². The van der Waals surface area contributed by atoms with Crippen LogP contribution in [0, 0.1) is 0 Å². The van der Waals surface area contributed by atoms with Gasteiger partial charge in [-0.25, -0.2) is 0 Å². The first kappa shape index (κ1) is 13.6. The van der Waals surface area contributed by atoms with Gasteiger partial charge in [0.1, 0.15) is 5.60 Å². The Bertz CT molecular complexity index is 773. The Kier molecular flexibility index (Phi) is 2.34. The van der Waals surface area contributed by atoms with E-state index < -0.39 is 17.1 Å². The fourth-order valence-corrected chi connectivity index (χ4v) is 5.28. The Morgan fingerprint density at radius 3 is 3.04 bits per heavy atom. The second-order valence-electron chi connectivity index (χ2n) is 7.11. The summed E-state index contributed by atoms with van der Waals surface area (Å²) in [4.78, 5) is 14.8. The van der Waals surface area contributed by atoms with E-state index in [-0.39, 0.29) is 11.8 Å². The van der Waals surface area contributed by atoms with Crippen molar-refractivity contribution in [1.82, 2.24) is 4.90 Å². The number of benzene rings is 1. The van der Waals surface area contributed by atoms with Crippen molar-refractivity contribution in [2.75, 3.05) is 20.7 Å². The van der Waals surface area contributed by atoms with Crippen LogP contribution in [0.4, 0.5) is 0 Å². The molecular weight excluding hydrogens is 294 g/mol. The van der Waals surface area contributed by atoms with Crippen LogP contribution in [0.5, 0.6) is 11.5 Å². The Balaban J connectivity index is 1.89. The van der Waals surface area contributed by atoms with Crippen LogP contribution in [-0.4, -0.2) is 54.2 Å². The largest absolute Gasteiger partial charge is 0.493 e. The number of likely N-dealkylation sites (tertiary alicyclic amines) is 1. The van der Waals surface area contributed by atoms with Gasteiger partial charge in [-0.15, -0.1) is 0 Å². The van der Waals surface area contributed by atoms with E-state index >= 15 is 0 Å². The Labute approximate surface area is 134 Å². The Morgan fingerprint density at radius 1 is 1.43 bits per heavy atom. The molecule has 23 heavy (non-hydrogen) atoms. The molecule has 0 aromatic heterocycles. The van der Waals surface area contributed by atoms with Crippen LogP contribution in [0.25, 0.3) is 0 Å². The number of aliphatic hydroxyl groups is 1.